The van der Waals surface area contributed by atoms with Crippen LogP contribution in [0.3, 0.4) is 0 Å². The predicted octanol–water partition coefficient (Wildman–Crippen LogP) is 0.200. The monoisotopic (exact) mass is 221 g/mol. The molecule has 0 aliphatic carbocycles. The Bertz CT molecular complexity index is 460. The zero-order chi connectivity index (χ0) is 11.7. The van der Waals surface area contributed by atoms with Crippen LogP contribution in [-0.4, -0.2) is 29.3 Å². The number of aryl methyl sites for hydroxylation is 1. The van der Waals surface area contributed by atoms with Crippen molar-refractivity contribution in [2.45, 2.75) is 13.3 Å². The van der Waals surface area contributed by atoms with Gasteiger partial charge in [0.1, 0.15) is 17.3 Å². The summed E-state index contributed by atoms with van der Waals surface area (Å²) in [5.74, 6) is -0.0444. The van der Waals surface area contributed by atoms with E-state index in [1.165, 1.54) is 4.90 Å². The minimum Gasteiger partial charge on any atom is -0.396 e. The van der Waals surface area contributed by atoms with E-state index in [4.69, 9.17) is 14.9 Å². The Morgan fingerprint density at radius 2 is 2.50 bits per heavy atom. The van der Waals surface area contributed by atoms with Gasteiger partial charge >= 0.3 is 0 Å². The maximum Gasteiger partial charge on any atom is 0.252 e. The zero-order valence-corrected chi connectivity index (χ0v) is 8.80. The summed E-state index contributed by atoms with van der Waals surface area (Å²) in [6.45, 7) is 1.98. The summed E-state index contributed by atoms with van der Waals surface area (Å²) in [4.78, 5) is 13.0. The first kappa shape index (κ1) is 10.6. The summed E-state index contributed by atoms with van der Waals surface area (Å²) >= 11 is 0. The molecule has 16 heavy (non-hydrogen) atoms. The maximum absolute atomic E-state index is 11.6. The first-order chi connectivity index (χ1) is 7.67. The number of amides is 1. The van der Waals surface area contributed by atoms with Crippen molar-refractivity contribution in [1.82, 2.24) is 5.16 Å². The second-order valence-corrected chi connectivity index (χ2v) is 3.82. The Kier molecular flexibility index (Phi) is 2.62. The van der Waals surface area contributed by atoms with Crippen LogP contribution in [0.1, 0.15) is 17.7 Å². The van der Waals surface area contributed by atoms with Crippen LogP contribution in [0.15, 0.2) is 4.52 Å². The Morgan fingerprint density at radius 3 is 3.06 bits per heavy atom. The highest BCUT2D eigenvalue weighted by molar-refractivity contribution is 5.95. The molecule has 1 atom stereocenters. The molecule has 0 aromatic carbocycles. The third-order valence-electron chi connectivity index (χ3n) is 2.66. The molecule has 1 saturated heterocycles. The van der Waals surface area contributed by atoms with Crippen molar-refractivity contribution in [1.29, 1.82) is 5.26 Å². The molecule has 1 aromatic heterocycles. The quantitative estimate of drug-likeness (QED) is 0.770. The summed E-state index contributed by atoms with van der Waals surface area (Å²) in [5, 5.41) is 21.6. The number of aliphatic hydroxyl groups excluding tert-OH is 1. The Hall–Kier alpha value is -1.87. The molecule has 0 radical (unpaired) electrons. The molecule has 1 fully saturated rings. The molecular weight excluding hydrogens is 210 g/mol. The summed E-state index contributed by atoms with van der Waals surface area (Å²) in [7, 11) is 0. The van der Waals surface area contributed by atoms with Crippen LogP contribution < -0.4 is 4.90 Å². The average Bonchev–Trinajstić information content (AvgIpc) is 2.81. The lowest BCUT2D eigenvalue weighted by Crippen LogP contribution is -2.25. The molecule has 1 N–H and O–H groups in total. The number of carbonyl (C=O) groups is 1. The second-order valence-electron chi connectivity index (χ2n) is 3.82. The largest absolute Gasteiger partial charge is 0.396 e. The van der Waals surface area contributed by atoms with Crippen molar-refractivity contribution in [2.24, 2.45) is 5.92 Å². The first-order valence-corrected chi connectivity index (χ1v) is 4.95. The van der Waals surface area contributed by atoms with Gasteiger partial charge in [0, 0.05) is 25.5 Å². The van der Waals surface area contributed by atoms with E-state index in [1.807, 2.05) is 6.07 Å². The number of aliphatic hydroxyl groups is 1. The molecule has 0 saturated carbocycles. The smallest absolute Gasteiger partial charge is 0.252 e. The van der Waals surface area contributed by atoms with Crippen molar-refractivity contribution in [3.05, 3.63) is 11.3 Å². The molecule has 6 heteroatoms. The third kappa shape index (κ3) is 1.55. The minimum absolute atomic E-state index is 0.0444. The highest BCUT2D eigenvalue weighted by atomic mass is 16.5. The number of nitriles is 1. The highest BCUT2D eigenvalue weighted by Crippen LogP contribution is 2.29. The fraction of sp³-hybridized carbons (Fsp3) is 0.500. The van der Waals surface area contributed by atoms with Crippen LogP contribution in [0.5, 0.6) is 0 Å². The number of aromatic nitrogens is 1. The van der Waals surface area contributed by atoms with Crippen LogP contribution in [0, 0.1) is 24.2 Å². The molecule has 1 aliphatic rings. The van der Waals surface area contributed by atoms with E-state index < -0.39 is 0 Å². The molecule has 1 aromatic rings. The number of nitrogens with zero attached hydrogens (tertiary/aromatic N) is 3. The number of hydrogen-bond donors (Lipinski definition) is 1. The molecule has 6 nitrogen and oxygen atoms in total. The van der Waals surface area contributed by atoms with E-state index in [0.717, 1.165) is 0 Å². The van der Waals surface area contributed by atoms with Crippen LogP contribution >= 0.6 is 0 Å². The van der Waals surface area contributed by atoms with E-state index >= 15 is 0 Å². The molecule has 2 heterocycles. The van der Waals surface area contributed by atoms with Crippen molar-refractivity contribution in [3.63, 3.8) is 0 Å². The summed E-state index contributed by atoms with van der Waals surface area (Å²) in [5.41, 5.74) is 0.754. The van der Waals surface area contributed by atoms with E-state index in [9.17, 15) is 4.79 Å². The molecule has 84 valence electrons. The minimum atomic E-state index is -0.147. The standard InChI is InChI=1S/C10H11N3O3/c1-6-8(3-11)10(16-12-6)13-4-7(5-14)2-9(13)15/h7,14H,2,4-5H2,1H3. The zero-order valence-electron chi connectivity index (χ0n) is 8.80. The summed E-state index contributed by atoms with van der Waals surface area (Å²) in [6, 6.07) is 1.96. The van der Waals surface area contributed by atoms with Crippen LogP contribution in [0.25, 0.3) is 0 Å². The van der Waals surface area contributed by atoms with Crippen molar-refractivity contribution < 1.29 is 14.4 Å². The van der Waals surface area contributed by atoms with Crippen molar-refractivity contribution in [2.75, 3.05) is 18.1 Å². The summed E-state index contributed by atoms with van der Waals surface area (Å²) < 4.78 is 4.98. The molecule has 1 unspecified atom stereocenters. The summed E-state index contributed by atoms with van der Waals surface area (Å²) in [6.07, 6.45) is 0.279. The van der Waals surface area contributed by atoms with Gasteiger partial charge in [-0.2, -0.15) is 5.26 Å². The van der Waals surface area contributed by atoms with E-state index in [2.05, 4.69) is 5.16 Å². The van der Waals surface area contributed by atoms with Gasteiger partial charge in [-0.25, -0.2) is 0 Å². The van der Waals surface area contributed by atoms with Crippen LogP contribution in [0.2, 0.25) is 0 Å². The van der Waals surface area contributed by atoms with Gasteiger partial charge in [0.25, 0.3) is 5.88 Å². The number of anilines is 1. The maximum atomic E-state index is 11.6. The van der Waals surface area contributed by atoms with Gasteiger partial charge in [-0.05, 0) is 6.92 Å². The first-order valence-electron chi connectivity index (χ1n) is 4.95. The lowest BCUT2D eigenvalue weighted by molar-refractivity contribution is -0.117. The molecule has 1 aliphatic heterocycles. The van der Waals surface area contributed by atoms with E-state index in [1.54, 1.807) is 6.92 Å². The Labute approximate surface area is 92.1 Å². The topological polar surface area (TPSA) is 90.4 Å². The molecule has 0 spiro atoms. The molecule has 2 rings (SSSR count). The van der Waals surface area contributed by atoms with Crippen molar-refractivity contribution in [3.8, 4) is 6.07 Å². The van der Waals surface area contributed by atoms with Gasteiger partial charge in [-0.3, -0.25) is 9.69 Å². The number of rotatable bonds is 2. The van der Waals surface area contributed by atoms with Gasteiger partial charge in [-0.1, -0.05) is 5.16 Å². The van der Waals surface area contributed by atoms with Crippen molar-refractivity contribution >= 4 is 11.8 Å². The Morgan fingerprint density at radius 1 is 1.75 bits per heavy atom. The Balaban J connectivity index is 2.32. The van der Waals surface area contributed by atoms with Gasteiger partial charge in [-0.15, -0.1) is 0 Å². The second kappa shape index (κ2) is 3.94. The van der Waals surface area contributed by atoms with E-state index in [-0.39, 0.29) is 36.3 Å². The molecular formula is C10H11N3O3. The predicted molar refractivity (Wildman–Crippen MR) is 53.5 cm³/mol. The lowest BCUT2D eigenvalue weighted by Gasteiger charge is -2.11. The van der Waals surface area contributed by atoms with Gasteiger partial charge in [0.05, 0.1) is 0 Å². The number of hydrogen-bond acceptors (Lipinski definition) is 5. The third-order valence-corrected chi connectivity index (χ3v) is 2.66. The van der Waals surface area contributed by atoms with Crippen LogP contribution in [0.4, 0.5) is 5.88 Å². The van der Waals surface area contributed by atoms with Crippen LogP contribution in [-0.2, 0) is 4.79 Å². The highest BCUT2D eigenvalue weighted by Gasteiger charge is 2.34. The molecule has 0 bridgehead atoms. The normalized spacial score (nSPS) is 20.2. The van der Waals surface area contributed by atoms with E-state index in [0.29, 0.717) is 12.2 Å². The fourth-order valence-corrected chi connectivity index (χ4v) is 1.77. The number of carbonyl (C=O) groups excluding carboxylic acids is 1. The van der Waals surface area contributed by atoms with Gasteiger partial charge < -0.3 is 9.63 Å². The SMILES string of the molecule is Cc1noc(N2CC(CO)CC2=O)c1C#N. The molecule has 1 amide bonds. The lowest BCUT2D eigenvalue weighted by atomic mass is 10.1. The van der Waals surface area contributed by atoms with Gasteiger partial charge in [0.15, 0.2) is 0 Å². The fourth-order valence-electron chi connectivity index (χ4n) is 1.77. The average molecular weight is 221 g/mol. The van der Waals surface area contributed by atoms with Gasteiger partial charge in [0.2, 0.25) is 5.91 Å².